The smallest absolute Gasteiger partial charge is 0.369 e. The van der Waals surface area contributed by atoms with E-state index < -0.39 is 38.3 Å². The highest BCUT2D eigenvalue weighted by atomic mass is 32.2. The SMILES string of the molecule is CCC(=O)S[C@]12C[C@](C)(C#N)[C@H](c3ccc4c(c3)OCO4)N1C(=O)[C@](C)(SC(=O)OC)N(C)C2=O. The summed E-state index contributed by atoms with van der Waals surface area (Å²) < 4.78 is 15.7. The molecule has 0 unspecified atom stereocenters. The van der Waals surface area contributed by atoms with Gasteiger partial charge in [-0.25, -0.2) is 4.79 Å². The Hall–Kier alpha value is -2.91. The zero-order valence-electron chi connectivity index (χ0n) is 19.9. The fraction of sp³-hybridized carbons (Fsp3) is 0.522. The summed E-state index contributed by atoms with van der Waals surface area (Å²) in [6.45, 7) is 4.85. The topological polar surface area (TPSA) is 126 Å². The highest BCUT2D eigenvalue weighted by Crippen LogP contribution is 2.62. The van der Waals surface area contributed by atoms with E-state index in [1.165, 1.54) is 30.9 Å². The molecule has 0 radical (unpaired) electrons. The Labute approximate surface area is 211 Å². The predicted molar refractivity (Wildman–Crippen MR) is 127 cm³/mol. The maximum absolute atomic E-state index is 14.2. The number of benzene rings is 1. The Bertz CT molecular complexity index is 1170. The first-order chi connectivity index (χ1) is 16.5. The van der Waals surface area contributed by atoms with Gasteiger partial charge in [-0.15, -0.1) is 0 Å². The third-order valence-electron chi connectivity index (χ3n) is 6.74. The van der Waals surface area contributed by atoms with Crippen molar-refractivity contribution < 1.29 is 33.4 Å². The molecule has 3 aliphatic heterocycles. The molecule has 2 fully saturated rings. The van der Waals surface area contributed by atoms with E-state index in [9.17, 15) is 24.4 Å². The molecule has 3 aliphatic rings. The van der Waals surface area contributed by atoms with Crippen LogP contribution in [0.1, 0.15) is 45.2 Å². The molecular formula is C23H25N3O7S2. The van der Waals surface area contributed by atoms with Crippen LogP contribution in [-0.4, -0.2) is 62.7 Å². The number of hydrogen-bond donors (Lipinski definition) is 0. The van der Waals surface area contributed by atoms with Crippen molar-refractivity contribution in [2.75, 3.05) is 21.0 Å². The summed E-state index contributed by atoms with van der Waals surface area (Å²) in [4.78, 5) is 52.4. The number of nitriles is 1. The van der Waals surface area contributed by atoms with Crippen LogP contribution in [0.5, 0.6) is 11.5 Å². The van der Waals surface area contributed by atoms with Gasteiger partial charge in [-0.2, -0.15) is 5.26 Å². The van der Waals surface area contributed by atoms with Gasteiger partial charge in [-0.1, -0.05) is 13.0 Å². The van der Waals surface area contributed by atoms with Crippen molar-refractivity contribution in [3.8, 4) is 17.6 Å². The van der Waals surface area contributed by atoms with Crippen LogP contribution in [0.4, 0.5) is 4.79 Å². The largest absolute Gasteiger partial charge is 0.461 e. The first kappa shape index (κ1) is 25.2. The lowest BCUT2D eigenvalue weighted by atomic mass is 9.79. The van der Waals surface area contributed by atoms with Gasteiger partial charge < -0.3 is 24.0 Å². The Kier molecular flexibility index (Phi) is 6.22. The molecule has 1 aromatic carbocycles. The summed E-state index contributed by atoms with van der Waals surface area (Å²) in [6.07, 6.45) is 0.0669. The maximum Gasteiger partial charge on any atom is 0.369 e. The molecule has 186 valence electrons. The number of methoxy groups -OCH3 is 1. The maximum atomic E-state index is 14.2. The predicted octanol–water partition coefficient (Wildman–Crippen LogP) is 3.27. The van der Waals surface area contributed by atoms with Crippen LogP contribution >= 0.6 is 23.5 Å². The molecule has 2 amide bonds. The highest BCUT2D eigenvalue weighted by molar-refractivity contribution is 8.15. The van der Waals surface area contributed by atoms with Crippen molar-refractivity contribution in [1.29, 1.82) is 5.26 Å². The monoisotopic (exact) mass is 519 g/mol. The summed E-state index contributed by atoms with van der Waals surface area (Å²) >= 11 is 1.33. The lowest BCUT2D eigenvalue weighted by Crippen LogP contribution is -2.71. The van der Waals surface area contributed by atoms with Crippen LogP contribution in [0.2, 0.25) is 0 Å². The quantitative estimate of drug-likeness (QED) is 0.547. The van der Waals surface area contributed by atoms with E-state index in [0.29, 0.717) is 28.8 Å². The third-order valence-corrected chi connectivity index (χ3v) is 9.29. The molecule has 2 saturated heterocycles. The summed E-state index contributed by atoms with van der Waals surface area (Å²) in [5.74, 6) is -0.128. The lowest BCUT2D eigenvalue weighted by Gasteiger charge is -2.52. The molecule has 1 aromatic rings. The van der Waals surface area contributed by atoms with Gasteiger partial charge in [0.15, 0.2) is 26.4 Å². The molecule has 4 rings (SSSR count). The van der Waals surface area contributed by atoms with Crippen LogP contribution in [0, 0.1) is 16.7 Å². The Morgan fingerprint density at radius 3 is 2.51 bits per heavy atom. The number of rotatable bonds is 4. The highest BCUT2D eigenvalue weighted by Gasteiger charge is 2.72. The van der Waals surface area contributed by atoms with Gasteiger partial charge in [0.1, 0.15) is 0 Å². The van der Waals surface area contributed by atoms with E-state index in [4.69, 9.17) is 14.2 Å². The summed E-state index contributed by atoms with van der Waals surface area (Å²) in [5, 5.41) is 9.28. The van der Waals surface area contributed by atoms with Gasteiger partial charge in [-0.05, 0) is 55.1 Å². The second-order valence-electron chi connectivity index (χ2n) is 8.91. The number of hydrogen-bond acceptors (Lipinski definition) is 10. The number of piperazine rings is 1. The molecule has 0 N–H and O–H groups in total. The lowest BCUT2D eigenvalue weighted by molar-refractivity contribution is -0.163. The standard InChI is InChI=1S/C23H25N3O7S2/c1-6-16(27)34-23-10-21(2,11-24)17(13-7-8-14-15(9-13)33-12-32-14)26(23)18(28)22(3,25(4)19(23)29)35-20(30)31-5/h7-9,17H,6,10,12H2,1-5H3/t17-,21+,22-,23-/m0/s1. The molecule has 0 aromatic heterocycles. The van der Waals surface area contributed by atoms with Crippen LogP contribution in [0.15, 0.2) is 18.2 Å². The van der Waals surface area contributed by atoms with Crippen molar-refractivity contribution in [1.82, 2.24) is 9.80 Å². The number of ether oxygens (including phenoxy) is 3. The van der Waals surface area contributed by atoms with Gasteiger partial charge in [0, 0.05) is 19.9 Å². The molecule has 4 atom stereocenters. The summed E-state index contributed by atoms with van der Waals surface area (Å²) in [7, 11) is 2.61. The number of carbonyl (C=O) groups excluding carboxylic acids is 4. The van der Waals surface area contributed by atoms with E-state index >= 15 is 0 Å². The number of amides is 2. The minimum Gasteiger partial charge on any atom is -0.461 e. The van der Waals surface area contributed by atoms with Crippen molar-refractivity contribution in [2.24, 2.45) is 5.41 Å². The van der Waals surface area contributed by atoms with E-state index in [1.807, 2.05) is 0 Å². The number of thioether (sulfide) groups is 2. The van der Waals surface area contributed by atoms with Gasteiger partial charge >= 0.3 is 5.30 Å². The molecule has 3 heterocycles. The average molecular weight is 520 g/mol. The second kappa shape index (κ2) is 8.64. The van der Waals surface area contributed by atoms with Crippen molar-refractivity contribution in [3.05, 3.63) is 23.8 Å². The molecule has 0 bridgehead atoms. The zero-order chi connectivity index (χ0) is 25.8. The fourth-order valence-corrected chi connectivity index (χ4v) is 7.08. The molecular weight excluding hydrogens is 494 g/mol. The van der Waals surface area contributed by atoms with E-state index in [0.717, 1.165) is 11.8 Å². The van der Waals surface area contributed by atoms with Crippen molar-refractivity contribution in [3.63, 3.8) is 0 Å². The normalized spacial score (nSPS) is 31.3. The first-order valence-electron chi connectivity index (χ1n) is 10.9. The Morgan fingerprint density at radius 1 is 1.20 bits per heavy atom. The van der Waals surface area contributed by atoms with Gasteiger partial charge in [0.2, 0.25) is 6.79 Å². The van der Waals surface area contributed by atoms with Gasteiger partial charge in [0.25, 0.3) is 11.8 Å². The third kappa shape index (κ3) is 3.63. The van der Waals surface area contributed by atoms with E-state index in [1.54, 1.807) is 32.0 Å². The number of nitrogens with zero attached hydrogens (tertiary/aromatic N) is 3. The molecule has 35 heavy (non-hydrogen) atoms. The Morgan fingerprint density at radius 2 is 1.89 bits per heavy atom. The number of likely N-dealkylation sites (N-methyl/N-ethyl adjacent to an activating group) is 1. The second-order valence-corrected chi connectivity index (χ2v) is 11.6. The van der Waals surface area contributed by atoms with Crippen molar-refractivity contribution >= 4 is 45.8 Å². The molecule has 0 aliphatic carbocycles. The minimum atomic E-state index is -1.65. The van der Waals surface area contributed by atoms with Crippen molar-refractivity contribution in [2.45, 2.75) is 49.4 Å². The minimum absolute atomic E-state index is 0.0452. The number of fused-ring (bicyclic) bond motifs is 2. The molecule has 0 spiro atoms. The molecule has 0 saturated carbocycles. The van der Waals surface area contributed by atoms with Crippen LogP contribution in [0.3, 0.4) is 0 Å². The Balaban J connectivity index is 1.94. The summed E-state index contributed by atoms with van der Waals surface area (Å²) in [6, 6.07) is 6.49. The van der Waals surface area contributed by atoms with Crippen LogP contribution < -0.4 is 9.47 Å². The molecule has 10 nitrogen and oxygen atoms in total. The van der Waals surface area contributed by atoms with E-state index in [2.05, 4.69) is 6.07 Å². The zero-order valence-corrected chi connectivity index (χ0v) is 21.6. The average Bonchev–Trinajstić information content (AvgIpc) is 3.41. The van der Waals surface area contributed by atoms with Crippen LogP contribution in [0.25, 0.3) is 0 Å². The van der Waals surface area contributed by atoms with Gasteiger partial charge in [-0.3, -0.25) is 14.4 Å². The van der Waals surface area contributed by atoms with Crippen LogP contribution in [-0.2, 0) is 19.1 Å². The van der Waals surface area contributed by atoms with Gasteiger partial charge in [0.05, 0.1) is 24.6 Å². The van der Waals surface area contributed by atoms with E-state index in [-0.39, 0.29) is 24.7 Å². The molecule has 12 heteroatoms. The number of carbonyl (C=O) groups is 4. The first-order valence-corrected chi connectivity index (χ1v) is 12.5. The summed E-state index contributed by atoms with van der Waals surface area (Å²) in [5.41, 5.74) is -0.678. The fourth-order valence-electron chi connectivity index (χ4n) is 4.86.